The third-order valence-corrected chi connectivity index (χ3v) is 4.85. The zero-order chi connectivity index (χ0) is 12.8. The van der Waals surface area contributed by atoms with E-state index in [4.69, 9.17) is 24.6 Å². The Labute approximate surface area is 102 Å². The first-order chi connectivity index (χ1) is 7.32. The summed E-state index contributed by atoms with van der Waals surface area (Å²) in [4.78, 5) is 29.1. The van der Waals surface area contributed by atoms with E-state index in [2.05, 4.69) is 0 Å². The molecule has 9 heteroatoms. The van der Waals surface area contributed by atoms with E-state index in [9.17, 15) is 9.36 Å². The minimum absolute atomic E-state index is 0.0316. The summed E-state index contributed by atoms with van der Waals surface area (Å²) in [5.74, 6) is -0.885. The molecule has 0 aromatic rings. The Kier molecular flexibility index (Phi) is 7.47. The Morgan fingerprint density at radius 3 is 2.50 bits per heavy atom. The van der Waals surface area contributed by atoms with Gasteiger partial charge in [-0.25, -0.2) is 0 Å². The molecule has 0 aromatic heterocycles. The van der Waals surface area contributed by atoms with E-state index in [1.165, 1.54) is 6.92 Å². The summed E-state index contributed by atoms with van der Waals surface area (Å²) < 4.78 is 16.2. The second kappa shape index (κ2) is 7.43. The van der Waals surface area contributed by atoms with Crippen molar-refractivity contribution in [2.75, 3.05) is 6.54 Å². The van der Waals surface area contributed by atoms with Crippen molar-refractivity contribution >= 4 is 17.6 Å². The van der Waals surface area contributed by atoms with Crippen molar-refractivity contribution in [3.63, 3.8) is 0 Å². The molecule has 0 saturated heterocycles. The van der Waals surface area contributed by atoms with Crippen LogP contribution in [0.2, 0.25) is 0 Å². The van der Waals surface area contributed by atoms with Crippen LogP contribution in [0.15, 0.2) is 0 Å². The summed E-state index contributed by atoms with van der Waals surface area (Å²) in [7, 11) is -4.44. The van der Waals surface area contributed by atoms with E-state index in [1.807, 2.05) is 0 Å². The molecule has 0 radical (unpaired) electrons. The molecular weight excluding hydrogens is 418 g/mol. The summed E-state index contributed by atoms with van der Waals surface area (Å²) in [6.45, 7) is 1.87. The zero-order valence-corrected chi connectivity index (χ0v) is 11.9. The first kappa shape index (κ1) is 16.1. The molecule has 0 rings (SSSR count). The fraction of sp³-hybridized carbons (Fsp3) is 0.714. The maximum atomic E-state index is 11.3. The first-order valence-electron chi connectivity index (χ1n) is 4.49. The molecule has 0 heterocycles. The van der Waals surface area contributed by atoms with Gasteiger partial charge in [0.25, 0.3) is 0 Å². The van der Waals surface area contributed by atoms with Crippen LogP contribution < -0.4 is 11.5 Å². The molecule has 0 fully saturated rings. The third kappa shape index (κ3) is 5.99. The Morgan fingerprint density at radius 2 is 2.12 bits per heavy atom. The Hall–Kier alpha value is 0.0983. The maximum absolute atomic E-state index is 11.3. The topological polar surface area (TPSA) is 136 Å². The summed E-state index contributed by atoms with van der Waals surface area (Å²) in [6.07, 6.45) is 0.484. The Morgan fingerprint density at radius 1 is 1.56 bits per heavy atom. The van der Waals surface area contributed by atoms with Crippen LogP contribution in [0.4, 0.5) is 0 Å². The molecule has 0 amide bonds. The molecule has 0 aromatic carbocycles. The SMILES string of the molecule is CCC(C(=O)[O][Pt]=[C](N)CCN)P(=O)(O)O. The van der Waals surface area contributed by atoms with Crippen molar-refractivity contribution in [1.82, 2.24) is 0 Å². The molecule has 6 N–H and O–H groups in total. The molecule has 0 aliphatic rings. The Bertz CT molecular complexity index is 316. The van der Waals surface area contributed by atoms with E-state index in [0.717, 1.165) is 0 Å². The number of rotatable bonds is 6. The van der Waals surface area contributed by atoms with Crippen LogP contribution in [0, 0.1) is 0 Å². The molecule has 1 unspecified atom stereocenters. The number of hydrogen-bond donors (Lipinski definition) is 4. The Balaban J connectivity index is 4.46. The average molecular weight is 434 g/mol. The average Bonchev–Trinajstić information content (AvgIpc) is 2.14. The molecule has 16 heavy (non-hydrogen) atoms. The quantitative estimate of drug-likeness (QED) is 0.391. The number of carbonyl (C=O) groups excluding carboxylic acids is 1. The molecule has 0 aliphatic heterocycles. The van der Waals surface area contributed by atoms with Gasteiger partial charge < -0.3 is 0 Å². The molecule has 0 spiro atoms. The van der Waals surface area contributed by atoms with Crippen LogP contribution in [0.5, 0.6) is 0 Å². The second-order valence-corrected chi connectivity index (χ2v) is 7.10. The predicted octanol–water partition coefficient (Wildman–Crippen LogP) is -1.08. The summed E-state index contributed by atoms with van der Waals surface area (Å²) in [5, 5.41) is 0. The standard InChI is InChI=1S/C4H9O5P.C3H8N2.Pt/c1-2-3(4(5)6)10(7,8)9;4-2-1-3-5;/h3H,2H2,1H3,(H,5,6)(H2,7,8,9);1-2,4-5H2;/q;;+1/p-1. The van der Waals surface area contributed by atoms with Gasteiger partial charge in [0.05, 0.1) is 0 Å². The zero-order valence-electron chi connectivity index (χ0n) is 8.74. The molecular formula is C7H16N2O5PPt. The van der Waals surface area contributed by atoms with E-state index in [0.29, 0.717) is 17.0 Å². The van der Waals surface area contributed by atoms with Crippen molar-refractivity contribution in [2.24, 2.45) is 11.5 Å². The van der Waals surface area contributed by atoms with Gasteiger partial charge in [-0.1, -0.05) is 0 Å². The van der Waals surface area contributed by atoms with Crippen LogP contribution in [-0.2, 0) is 31.2 Å². The number of nitrogens with two attached hydrogens (primary N) is 2. The van der Waals surface area contributed by atoms with Crippen LogP contribution in [-0.4, -0.2) is 32.0 Å². The number of hydrogen-bond acceptors (Lipinski definition) is 5. The molecule has 0 aliphatic carbocycles. The molecule has 0 saturated carbocycles. The van der Waals surface area contributed by atoms with Gasteiger partial charge in [0.15, 0.2) is 0 Å². The second-order valence-electron chi connectivity index (χ2n) is 2.91. The van der Waals surface area contributed by atoms with Gasteiger partial charge in [0.1, 0.15) is 0 Å². The van der Waals surface area contributed by atoms with Gasteiger partial charge in [-0.05, 0) is 0 Å². The van der Waals surface area contributed by atoms with Gasteiger partial charge in [0.2, 0.25) is 0 Å². The van der Waals surface area contributed by atoms with Gasteiger partial charge >= 0.3 is 102 Å². The van der Waals surface area contributed by atoms with E-state index < -0.39 is 37.7 Å². The predicted molar refractivity (Wildman–Crippen MR) is 55.1 cm³/mol. The first-order valence-corrected chi connectivity index (χ1v) is 8.24. The van der Waals surface area contributed by atoms with Crippen LogP contribution in [0.3, 0.4) is 0 Å². The van der Waals surface area contributed by atoms with Crippen molar-refractivity contribution in [1.29, 1.82) is 0 Å². The van der Waals surface area contributed by atoms with Gasteiger partial charge in [-0.15, -0.1) is 0 Å². The van der Waals surface area contributed by atoms with Crippen molar-refractivity contribution in [2.45, 2.75) is 25.4 Å². The number of carbonyl (C=O) groups is 1. The third-order valence-electron chi connectivity index (χ3n) is 1.61. The van der Waals surface area contributed by atoms with Gasteiger partial charge in [-0.3, -0.25) is 0 Å². The van der Waals surface area contributed by atoms with Crippen LogP contribution in [0.25, 0.3) is 0 Å². The van der Waals surface area contributed by atoms with Gasteiger partial charge in [-0.2, -0.15) is 0 Å². The molecule has 7 nitrogen and oxygen atoms in total. The fourth-order valence-corrected chi connectivity index (χ4v) is 3.24. The molecule has 99 valence electrons. The van der Waals surface area contributed by atoms with Crippen molar-refractivity contribution in [3.8, 4) is 0 Å². The monoisotopic (exact) mass is 434 g/mol. The molecule has 1 atom stereocenters. The summed E-state index contributed by atoms with van der Waals surface area (Å²) in [6, 6.07) is 0. The van der Waals surface area contributed by atoms with E-state index in [-0.39, 0.29) is 6.42 Å². The minimum atomic E-state index is -4.44. The van der Waals surface area contributed by atoms with E-state index in [1.54, 1.807) is 0 Å². The van der Waals surface area contributed by atoms with Gasteiger partial charge in [0, 0.05) is 0 Å². The summed E-state index contributed by atoms with van der Waals surface area (Å²) >= 11 is -1.16. The van der Waals surface area contributed by atoms with Crippen LogP contribution in [0.1, 0.15) is 19.8 Å². The van der Waals surface area contributed by atoms with Crippen molar-refractivity contribution < 1.29 is 41.0 Å². The van der Waals surface area contributed by atoms with Crippen molar-refractivity contribution in [3.05, 3.63) is 0 Å². The fourth-order valence-electron chi connectivity index (χ4n) is 0.819. The summed E-state index contributed by atoms with van der Waals surface area (Å²) in [5.41, 5.74) is 9.35. The normalized spacial score (nSPS) is 15.7. The van der Waals surface area contributed by atoms with E-state index >= 15 is 0 Å². The van der Waals surface area contributed by atoms with Crippen LogP contribution >= 0.6 is 7.60 Å². The molecule has 0 bridgehead atoms.